The molecule has 1 amide bonds. The molecule has 0 bridgehead atoms. The van der Waals surface area contributed by atoms with Gasteiger partial charge in [-0.1, -0.05) is 37.1 Å². The fourth-order valence-electron chi connectivity index (χ4n) is 1.66. The molecule has 0 radical (unpaired) electrons. The summed E-state index contributed by atoms with van der Waals surface area (Å²) in [5, 5.41) is 14.4. The van der Waals surface area contributed by atoms with Crippen molar-refractivity contribution < 1.29 is 14.7 Å². The third-order valence-corrected chi connectivity index (χ3v) is 2.73. The first-order valence-corrected chi connectivity index (χ1v) is 6.65. The molecule has 0 fully saturated rings. The van der Waals surface area contributed by atoms with Gasteiger partial charge < -0.3 is 21.0 Å². The number of oxime groups is 1. The van der Waals surface area contributed by atoms with E-state index in [0.717, 1.165) is 19.3 Å². The lowest BCUT2D eigenvalue weighted by Crippen LogP contribution is -2.30. The lowest BCUT2D eigenvalue weighted by molar-refractivity contribution is -0.123. The van der Waals surface area contributed by atoms with Crippen molar-refractivity contribution in [1.29, 1.82) is 0 Å². The summed E-state index contributed by atoms with van der Waals surface area (Å²) >= 11 is 0. The fraction of sp³-hybridized carbons (Fsp3) is 0.429. The van der Waals surface area contributed by atoms with Crippen LogP contribution in [0, 0.1) is 0 Å². The maximum Gasteiger partial charge on any atom is 0.257 e. The van der Waals surface area contributed by atoms with Crippen LogP contribution in [0.15, 0.2) is 29.4 Å². The number of amidine groups is 1. The van der Waals surface area contributed by atoms with Gasteiger partial charge in [0.1, 0.15) is 5.75 Å². The predicted octanol–water partition coefficient (Wildman–Crippen LogP) is 1.47. The fourth-order valence-corrected chi connectivity index (χ4v) is 1.66. The van der Waals surface area contributed by atoms with Crippen molar-refractivity contribution in [3.63, 3.8) is 0 Å². The quantitative estimate of drug-likeness (QED) is 0.221. The van der Waals surface area contributed by atoms with Crippen LogP contribution in [-0.4, -0.2) is 30.1 Å². The number of hydrogen-bond acceptors (Lipinski definition) is 4. The summed E-state index contributed by atoms with van der Waals surface area (Å²) in [5.74, 6) is 0.172. The molecule has 0 saturated carbocycles. The van der Waals surface area contributed by atoms with E-state index < -0.39 is 0 Å². The Morgan fingerprint density at radius 2 is 2.15 bits per heavy atom. The number of ether oxygens (including phenoxy) is 1. The molecule has 20 heavy (non-hydrogen) atoms. The van der Waals surface area contributed by atoms with Gasteiger partial charge in [-0.15, -0.1) is 0 Å². The summed E-state index contributed by atoms with van der Waals surface area (Å²) < 4.78 is 5.39. The van der Waals surface area contributed by atoms with Crippen molar-refractivity contribution in [1.82, 2.24) is 5.32 Å². The summed E-state index contributed by atoms with van der Waals surface area (Å²) in [5.41, 5.74) is 5.99. The van der Waals surface area contributed by atoms with Gasteiger partial charge in [0.05, 0.1) is 5.56 Å². The number of nitrogens with one attached hydrogen (secondary N) is 1. The van der Waals surface area contributed by atoms with Crippen molar-refractivity contribution in [3.05, 3.63) is 29.8 Å². The first-order valence-electron chi connectivity index (χ1n) is 6.65. The highest BCUT2D eigenvalue weighted by molar-refractivity contribution is 5.99. The van der Waals surface area contributed by atoms with Crippen LogP contribution in [-0.2, 0) is 4.79 Å². The van der Waals surface area contributed by atoms with Gasteiger partial charge in [-0.2, -0.15) is 0 Å². The molecule has 0 atom stereocenters. The molecule has 6 heteroatoms. The molecule has 6 nitrogen and oxygen atoms in total. The second-order valence-electron chi connectivity index (χ2n) is 4.33. The number of nitrogens with two attached hydrogens (primary N) is 1. The topological polar surface area (TPSA) is 96.9 Å². The van der Waals surface area contributed by atoms with Crippen LogP contribution in [0.3, 0.4) is 0 Å². The number of hydrogen-bond donors (Lipinski definition) is 3. The number of unbranched alkanes of at least 4 members (excludes halogenated alkanes) is 2. The van der Waals surface area contributed by atoms with E-state index in [1.165, 1.54) is 0 Å². The minimum atomic E-state index is -0.185. The zero-order valence-electron chi connectivity index (χ0n) is 11.6. The zero-order valence-corrected chi connectivity index (χ0v) is 11.6. The Kier molecular flexibility index (Phi) is 6.95. The van der Waals surface area contributed by atoms with E-state index in [1.807, 2.05) is 0 Å². The van der Waals surface area contributed by atoms with Crippen molar-refractivity contribution in [2.45, 2.75) is 26.2 Å². The van der Waals surface area contributed by atoms with E-state index in [0.29, 0.717) is 17.9 Å². The van der Waals surface area contributed by atoms with Crippen LogP contribution in [0.5, 0.6) is 5.75 Å². The van der Waals surface area contributed by atoms with Gasteiger partial charge in [-0.05, 0) is 18.6 Å². The predicted molar refractivity (Wildman–Crippen MR) is 77.0 cm³/mol. The van der Waals surface area contributed by atoms with E-state index in [4.69, 9.17) is 15.7 Å². The Bertz CT molecular complexity index is 461. The molecule has 1 rings (SSSR count). The highest BCUT2D eigenvalue weighted by atomic mass is 16.5. The van der Waals surface area contributed by atoms with Crippen molar-refractivity contribution >= 4 is 11.7 Å². The normalized spacial score (nSPS) is 11.2. The van der Waals surface area contributed by atoms with Crippen LogP contribution < -0.4 is 15.8 Å². The monoisotopic (exact) mass is 279 g/mol. The summed E-state index contributed by atoms with van der Waals surface area (Å²) in [6.07, 6.45) is 3.16. The van der Waals surface area contributed by atoms with E-state index in [1.54, 1.807) is 24.3 Å². The van der Waals surface area contributed by atoms with E-state index in [-0.39, 0.29) is 18.3 Å². The molecule has 4 N–H and O–H groups in total. The van der Waals surface area contributed by atoms with Gasteiger partial charge in [0, 0.05) is 6.54 Å². The molecule has 0 unspecified atom stereocenters. The average Bonchev–Trinajstić information content (AvgIpc) is 2.49. The Morgan fingerprint density at radius 1 is 1.40 bits per heavy atom. The van der Waals surface area contributed by atoms with Crippen molar-refractivity contribution in [2.75, 3.05) is 13.2 Å². The molecule has 0 spiro atoms. The summed E-state index contributed by atoms with van der Waals surface area (Å²) in [6, 6.07) is 6.81. The SMILES string of the molecule is CCCCCNC(=O)COc1ccccc1/C(N)=N/O. The van der Waals surface area contributed by atoms with E-state index in [9.17, 15) is 4.79 Å². The maximum atomic E-state index is 11.6. The molecule has 0 aliphatic carbocycles. The third kappa shape index (κ3) is 5.17. The number of para-hydroxylation sites is 1. The molecule has 1 aromatic carbocycles. The highest BCUT2D eigenvalue weighted by Crippen LogP contribution is 2.17. The molecule has 110 valence electrons. The van der Waals surface area contributed by atoms with Crippen molar-refractivity contribution in [2.24, 2.45) is 10.9 Å². The number of nitrogens with zero attached hydrogens (tertiary/aromatic N) is 1. The Labute approximate surface area is 118 Å². The van der Waals surface area contributed by atoms with Gasteiger partial charge >= 0.3 is 0 Å². The summed E-state index contributed by atoms with van der Waals surface area (Å²) in [6.45, 7) is 2.66. The number of rotatable bonds is 8. The Balaban J connectivity index is 2.47. The number of benzene rings is 1. The molecule has 0 aromatic heterocycles. The second-order valence-corrected chi connectivity index (χ2v) is 4.33. The van der Waals surface area contributed by atoms with Gasteiger partial charge in [-0.25, -0.2) is 0 Å². The van der Waals surface area contributed by atoms with Crippen molar-refractivity contribution in [3.8, 4) is 5.75 Å². The van der Waals surface area contributed by atoms with Gasteiger partial charge in [0.25, 0.3) is 5.91 Å². The lowest BCUT2D eigenvalue weighted by Gasteiger charge is -2.10. The molecular weight excluding hydrogens is 258 g/mol. The summed E-state index contributed by atoms with van der Waals surface area (Å²) in [7, 11) is 0. The molecule has 0 saturated heterocycles. The van der Waals surface area contributed by atoms with Crippen LogP contribution in [0.2, 0.25) is 0 Å². The molecule has 1 aromatic rings. The Morgan fingerprint density at radius 3 is 2.85 bits per heavy atom. The van der Waals surface area contributed by atoms with Crippen LogP contribution in [0.1, 0.15) is 31.7 Å². The average molecular weight is 279 g/mol. The standard InChI is InChI=1S/C14H21N3O3/c1-2-3-6-9-16-13(18)10-20-12-8-5-4-7-11(12)14(15)17-19/h4-5,7-8,19H,2-3,6,9-10H2,1H3,(H2,15,17)(H,16,18). The number of carbonyl (C=O) groups is 1. The highest BCUT2D eigenvalue weighted by Gasteiger charge is 2.09. The largest absolute Gasteiger partial charge is 0.483 e. The van der Waals surface area contributed by atoms with E-state index >= 15 is 0 Å². The zero-order chi connectivity index (χ0) is 14.8. The first-order chi connectivity index (χ1) is 9.69. The molecule has 0 heterocycles. The van der Waals surface area contributed by atoms with Gasteiger partial charge in [0.15, 0.2) is 12.4 Å². The maximum absolute atomic E-state index is 11.6. The van der Waals surface area contributed by atoms with Crippen LogP contribution >= 0.6 is 0 Å². The minimum Gasteiger partial charge on any atom is -0.483 e. The van der Waals surface area contributed by atoms with Crippen LogP contribution in [0.4, 0.5) is 0 Å². The molecule has 0 aliphatic heterocycles. The lowest BCUT2D eigenvalue weighted by atomic mass is 10.2. The minimum absolute atomic E-state index is 0.0519. The van der Waals surface area contributed by atoms with E-state index in [2.05, 4.69) is 17.4 Å². The first kappa shape index (κ1) is 15.8. The number of carbonyl (C=O) groups excluding carboxylic acids is 1. The molecule has 0 aliphatic rings. The smallest absolute Gasteiger partial charge is 0.257 e. The second kappa shape index (κ2) is 8.79. The third-order valence-electron chi connectivity index (χ3n) is 2.73. The van der Waals surface area contributed by atoms with Gasteiger partial charge in [-0.3, -0.25) is 4.79 Å². The number of amides is 1. The van der Waals surface area contributed by atoms with Gasteiger partial charge in [0.2, 0.25) is 0 Å². The summed E-state index contributed by atoms with van der Waals surface area (Å²) in [4.78, 5) is 11.6. The van der Waals surface area contributed by atoms with Crippen LogP contribution in [0.25, 0.3) is 0 Å². The molecular formula is C14H21N3O3. The Hall–Kier alpha value is -2.24.